The maximum absolute atomic E-state index is 13.2. The molecule has 0 fully saturated rings. The molecule has 1 aromatic rings. The number of hydrogen-bond donors (Lipinski definition) is 4. The standard InChI is InChI=1S/C35H52F3N3O11/c1-25(26(2)42)8-5-6-14-39-32(45)23-52-21-19-50-17-15-40-33(46)24-51-20-18-49-16-7-10-28(43)12-13-30(34(47)48)41-31(44)22-27-9-3-4-11-29(27)35(36,37)38/h3-4,9,11,25,30H,5-8,10,12-24H2,1-2H3,(H,39,45)(H,40,46)(H,41,44)(H,47,48)/t25-,30-/m0/s1. The van der Waals surface area contributed by atoms with Gasteiger partial charge in [0.05, 0.1) is 45.0 Å². The van der Waals surface area contributed by atoms with Crippen molar-refractivity contribution >= 4 is 35.3 Å². The minimum atomic E-state index is -4.67. The second-order valence-corrected chi connectivity index (χ2v) is 12.0. The minimum Gasteiger partial charge on any atom is -0.480 e. The summed E-state index contributed by atoms with van der Waals surface area (Å²) in [5, 5.41) is 17.0. The van der Waals surface area contributed by atoms with Crippen LogP contribution in [-0.2, 0) is 60.3 Å². The molecule has 0 spiro atoms. The summed E-state index contributed by atoms with van der Waals surface area (Å²) in [4.78, 5) is 70.8. The van der Waals surface area contributed by atoms with Crippen LogP contribution in [-0.4, -0.2) is 112 Å². The highest BCUT2D eigenvalue weighted by molar-refractivity contribution is 5.86. The first-order valence-corrected chi connectivity index (χ1v) is 17.2. The number of amides is 3. The van der Waals surface area contributed by atoms with E-state index >= 15 is 0 Å². The van der Waals surface area contributed by atoms with Crippen molar-refractivity contribution in [3.05, 3.63) is 35.4 Å². The second kappa shape index (κ2) is 26.8. The van der Waals surface area contributed by atoms with E-state index in [1.807, 2.05) is 6.92 Å². The highest BCUT2D eigenvalue weighted by Gasteiger charge is 2.33. The zero-order chi connectivity index (χ0) is 38.8. The summed E-state index contributed by atoms with van der Waals surface area (Å²) < 4.78 is 60.7. The van der Waals surface area contributed by atoms with E-state index in [0.717, 1.165) is 31.4 Å². The molecule has 17 heteroatoms. The van der Waals surface area contributed by atoms with Gasteiger partial charge < -0.3 is 40.0 Å². The van der Waals surface area contributed by atoms with Gasteiger partial charge in [0.2, 0.25) is 17.7 Å². The number of Topliss-reactive ketones (excluding diaryl/α,β-unsaturated/α-hetero) is 2. The molecule has 1 aromatic carbocycles. The zero-order valence-electron chi connectivity index (χ0n) is 29.9. The summed E-state index contributed by atoms with van der Waals surface area (Å²) >= 11 is 0. The van der Waals surface area contributed by atoms with Crippen LogP contribution in [0.2, 0.25) is 0 Å². The van der Waals surface area contributed by atoms with E-state index in [9.17, 15) is 47.0 Å². The van der Waals surface area contributed by atoms with E-state index in [-0.39, 0.29) is 114 Å². The molecule has 4 N–H and O–H groups in total. The van der Waals surface area contributed by atoms with Gasteiger partial charge in [-0.15, -0.1) is 0 Å². The molecule has 0 bridgehead atoms. The van der Waals surface area contributed by atoms with Gasteiger partial charge in [-0.3, -0.25) is 24.0 Å². The minimum absolute atomic E-state index is 0.0369. The number of carboxylic acid groups (broad SMARTS) is 1. The maximum Gasteiger partial charge on any atom is 0.416 e. The van der Waals surface area contributed by atoms with Crippen molar-refractivity contribution in [1.29, 1.82) is 0 Å². The molecule has 0 heterocycles. The van der Waals surface area contributed by atoms with Crippen molar-refractivity contribution in [3.63, 3.8) is 0 Å². The van der Waals surface area contributed by atoms with E-state index in [1.165, 1.54) is 12.1 Å². The van der Waals surface area contributed by atoms with Gasteiger partial charge in [0, 0.05) is 38.5 Å². The Bertz CT molecular complexity index is 1260. The van der Waals surface area contributed by atoms with Gasteiger partial charge in [0.25, 0.3) is 0 Å². The zero-order valence-corrected chi connectivity index (χ0v) is 29.9. The fourth-order valence-electron chi connectivity index (χ4n) is 4.57. The predicted octanol–water partition coefficient (Wildman–Crippen LogP) is 2.64. The predicted molar refractivity (Wildman–Crippen MR) is 181 cm³/mol. The van der Waals surface area contributed by atoms with Crippen LogP contribution in [0.1, 0.15) is 69.9 Å². The summed E-state index contributed by atoms with van der Waals surface area (Å²) in [6.45, 7) is 5.21. The molecule has 0 aliphatic heterocycles. The van der Waals surface area contributed by atoms with Gasteiger partial charge in [-0.1, -0.05) is 31.5 Å². The summed E-state index contributed by atoms with van der Waals surface area (Å²) in [6.07, 6.45) is -2.81. The summed E-state index contributed by atoms with van der Waals surface area (Å²) in [6, 6.07) is 3.08. The third kappa shape index (κ3) is 22.8. The molecule has 1 rings (SSSR count). The SMILES string of the molecule is CC(=O)[C@@H](C)CCCCNC(=O)COCCOCCNC(=O)COCCOCCCC(=O)CC[C@H](NC(=O)Cc1ccccc1C(F)(F)F)C(=O)O. The van der Waals surface area contributed by atoms with Gasteiger partial charge in [0.1, 0.15) is 30.8 Å². The largest absolute Gasteiger partial charge is 0.480 e. The van der Waals surface area contributed by atoms with Crippen molar-refractivity contribution in [3.8, 4) is 0 Å². The van der Waals surface area contributed by atoms with E-state index in [0.29, 0.717) is 13.0 Å². The van der Waals surface area contributed by atoms with Crippen LogP contribution in [0.25, 0.3) is 0 Å². The van der Waals surface area contributed by atoms with Crippen LogP contribution in [0.5, 0.6) is 0 Å². The summed E-state index contributed by atoms with van der Waals surface area (Å²) in [7, 11) is 0. The highest BCUT2D eigenvalue weighted by Crippen LogP contribution is 2.32. The first kappa shape index (κ1) is 46.1. The van der Waals surface area contributed by atoms with E-state index < -0.39 is 36.1 Å². The summed E-state index contributed by atoms with van der Waals surface area (Å²) in [5.41, 5.74) is -1.27. The molecule has 294 valence electrons. The Labute approximate surface area is 301 Å². The number of ketones is 2. The number of rotatable bonds is 30. The average Bonchev–Trinajstić information content (AvgIpc) is 3.08. The molecule has 0 aliphatic carbocycles. The number of carbonyl (C=O) groups excluding carboxylic acids is 5. The normalized spacial score (nSPS) is 12.5. The Hall–Kier alpha value is -3.93. The number of alkyl halides is 3. The van der Waals surface area contributed by atoms with E-state index in [2.05, 4.69) is 16.0 Å². The third-order valence-electron chi connectivity index (χ3n) is 7.62. The van der Waals surface area contributed by atoms with Gasteiger partial charge in [-0.05, 0) is 44.2 Å². The molecule has 3 amide bonds. The van der Waals surface area contributed by atoms with Crippen LogP contribution in [0, 0.1) is 5.92 Å². The number of hydrogen-bond acceptors (Lipinski definition) is 10. The van der Waals surface area contributed by atoms with Crippen LogP contribution in [0.3, 0.4) is 0 Å². The first-order chi connectivity index (χ1) is 24.7. The number of halogens is 3. The van der Waals surface area contributed by atoms with Gasteiger partial charge in [0.15, 0.2) is 0 Å². The van der Waals surface area contributed by atoms with Crippen molar-refractivity contribution in [2.45, 2.75) is 77.4 Å². The number of nitrogens with one attached hydrogen (secondary N) is 3. The lowest BCUT2D eigenvalue weighted by Crippen LogP contribution is -2.42. The molecule has 0 aliphatic rings. The molecule has 0 saturated carbocycles. The average molecular weight is 748 g/mol. The molecule has 0 radical (unpaired) electrons. The van der Waals surface area contributed by atoms with Gasteiger partial charge >= 0.3 is 12.1 Å². The van der Waals surface area contributed by atoms with Crippen LogP contribution < -0.4 is 16.0 Å². The van der Waals surface area contributed by atoms with Crippen LogP contribution in [0.4, 0.5) is 13.2 Å². The Kier molecular flexibility index (Phi) is 23.7. The third-order valence-corrected chi connectivity index (χ3v) is 7.62. The van der Waals surface area contributed by atoms with Crippen LogP contribution in [0.15, 0.2) is 24.3 Å². The number of aliphatic carboxylic acids is 1. The van der Waals surface area contributed by atoms with E-state index in [4.69, 9.17) is 18.9 Å². The Morgan fingerprint density at radius 3 is 1.94 bits per heavy atom. The second-order valence-electron chi connectivity index (χ2n) is 12.0. The number of unbranched alkanes of at least 4 members (excludes halogenated alkanes) is 1. The van der Waals surface area contributed by atoms with Crippen molar-refractivity contribution in [1.82, 2.24) is 16.0 Å². The fourth-order valence-corrected chi connectivity index (χ4v) is 4.57. The first-order valence-electron chi connectivity index (χ1n) is 17.2. The molecular formula is C35H52F3N3O11. The van der Waals surface area contributed by atoms with Crippen molar-refractivity contribution < 1.29 is 66.0 Å². The van der Waals surface area contributed by atoms with Gasteiger partial charge in [-0.25, -0.2) is 4.79 Å². The monoisotopic (exact) mass is 747 g/mol. The maximum atomic E-state index is 13.2. The number of carbonyl (C=O) groups is 6. The van der Waals surface area contributed by atoms with Crippen molar-refractivity contribution in [2.24, 2.45) is 5.92 Å². The fraction of sp³-hybridized carbons (Fsp3) is 0.657. The van der Waals surface area contributed by atoms with E-state index in [1.54, 1.807) is 6.92 Å². The highest BCUT2D eigenvalue weighted by atomic mass is 19.4. The molecule has 0 unspecified atom stereocenters. The molecular weight excluding hydrogens is 695 g/mol. The molecule has 14 nitrogen and oxygen atoms in total. The van der Waals surface area contributed by atoms with Gasteiger partial charge in [-0.2, -0.15) is 13.2 Å². The molecule has 52 heavy (non-hydrogen) atoms. The number of carboxylic acids is 1. The lowest BCUT2D eigenvalue weighted by Gasteiger charge is -2.16. The Morgan fingerprint density at radius 2 is 1.33 bits per heavy atom. The quantitative estimate of drug-likeness (QED) is 0.0846. The molecule has 2 atom stereocenters. The molecule has 0 saturated heterocycles. The smallest absolute Gasteiger partial charge is 0.416 e. The Morgan fingerprint density at radius 1 is 0.731 bits per heavy atom. The number of ether oxygens (including phenoxy) is 4. The lowest BCUT2D eigenvalue weighted by atomic mass is 10.0. The van der Waals surface area contributed by atoms with Crippen molar-refractivity contribution in [2.75, 3.05) is 65.9 Å². The lowest BCUT2D eigenvalue weighted by molar-refractivity contribution is -0.142. The number of benzene rings is 1. The Balaban J connectivity index is 2.02. The van der Waals surface area contributed by atoms with Crippen LogP contribution >= 0.6 is 0 Å². The molecule has 0 aromatic heterocycles. The topological polar surface area (TPSA) is 196 Å². The summed E-state index contributed by atoms with van der Waals surface area (Å²) in [5.74, 6) is -2.95.